The molecule has 1 atom stereocenters. The minimum Gasteiger partial charge on any atom is -0.359 e. The van der Waals surface area contributed by atoms with Crippen LogP contribution >= 0.6 is 11.8 Å². The Morgan fingerprint density at radius 1 is 1.42 bits per heavy atom. The number of alkyl halides is 3. The highest BCUT2D eigenvalue weighted by atomic mass is 32.2. The van der Waals surface area contributed by atoms with Crippen molar-refractivity contribution in [3.63, 3.8) is 0 Å². The lowest BCUT2D eigenvalue weighted by atomic mass is 10.3. The lowest BCUT2D eigenvalue weighted by Gasteiger charge is -2.16. The molecule has 0 aliphatic rings. The van der Waals surface area contributed by atoms with E-state index in [0.717, 1.165) is 10.1 Å². The summed E-state index contributed by atoms with van der Waals surface area (Å²) >= 11 is 1.34. The van der Waals surface area contributed by atoms with Crippen LogP contribution in [-0.4, -0.2) is 34.3 Å². The molecule has 130 valence electrons. The van der Waals surface area contributed by atoms with Gasteiger partial charge in [-0.15, -0.1) is 0 Å². The molecule has 0 bridgehead atoms. The van der Waals surface area contributed by atoms with Crippen molar-refractivity contribution < 1.29 is 22.7 Å². The molecule has 0 saturated heterocycles. The van der Waals surface area contributed by atoms with Crippen molar-refractivity contribution in [1.29, 1.82) is 0 Å². The molecule has 0 aliphatic carbocycles. The van der Waals surface area contributed by atoms with E-state index in [9.17, 15) is 18.0 Å². The van der Waals surface area contributed by atoms with Gasteiger partial charge in [0.15, 0.2) is 5.16 Å². The van der Waals surface area contributed by atoms with E-state index in [2.05, 4.69) is 15.0 Å². The molecule has 9 heteroatoms. The van der Waals surface area contributed by atoms with Gasteiger partial charge in [0.1, 0.15) is 12.7 Å². The fourth-order valence-corrected chi connectivity index (χ4v) is 2.63. The van der Waals surface area contributed by atoms with Crippen LogP contribution in [-0.2, 0) is 16.6 Å². The number of hydrogen-bond acceptors (Lipinski definition) is 4. The number of carbonyl (C=O) groups excluding carboxylic acids is 1. The van der Waals surface area contributed by atoms with Crippen molar-refractivity contribution >= 4 is 23.4 Å². The van der Waals surface area contributed by atoms with Crippen molar-refractivity contribution in [2.24, 2.45) is 7.05 Å². The summed E-state index contributed by atoms with van der Waals surface area (Å²) in [5.74, 6) is -0.646. The van der Waals surface area contributed by atoms with Crippen LogP contribution in [0.5, 0.6) is 0 Å². The number of rotatable bonds is 6. The molecule has 0 fully saturated rings. The highest BCUT2D eigenvalue weighted by molar-refractivity contribution is 7.99. The molecule has 1 heterocycles. The smallest absolute Gasteiger partial charge is 0.359 e. The summed E-state index contributed by atoms with van der Waals surface area (Å²) in [6.07, 6.45) is -2.26. The van der Waals surface area contributed by atoms with Gasteiger partial charge >= 0.3 is 6.18 Å². The van der Waals surface area contributed by atoms with Crippen LogP contribution < -0.4 is 5.32 Å². The van der Waals surface area contributed by atoms with Crippen molar-refractivity contribution in [3.05, 3.63) is 36.7 Å². The van der Waals surface area contributed by atoms with E-state index in [4.69, 9.17) is 0 Å². The van der Waals surface area contributed by atoms with Crippen LogP contribution in [0.15, 0.2) is 46.7 Å². The Balaban J connectivity index is 2.04. The predicted molar refractivity (Wildman–Crippen MR) is 83.9 cm³/mol. The van der Waals surface area contributed by atoms with E-state index in [1.54, 1.807) is 36.7 Å². The van der Waals surface area contributed by atoms with Crippen LogP contribution in [0.25, 0.3) is 0 Å². The summed E-state index contributed by atoms with van der Waals surface area (Å²) in [6.45, 7) is -0.194. The Labute approximate surface area is 141 Å². The van der Waals surface area contributed by atoms with Crippen LogP contribution in [0.2, 0.25) is 0 Å². The van der Waals surface area contributed by atoms with Gasteiger partial charge in [0.05, 0.1) is 5.69 Å². The van der Waals surface area contributed by atoms with E-state index in [-0.39, 0.29) is 0 Å². The number of hydrogen-bond donors (Lipinski definition) is 1. The molecule has 0 aliphatic heterocycles. The standard InChI is InChI=1S/C15H16F3N3O2S/c1-10(23-9-15(16,17)18)13(22)20-11-5-3-4-6-12(11)24-14-19-7-8-21(14)2/h3-8,10H,9H2,1-2H3,(H,20,22). The second-order valence-electron chi connectivity index (χ2n) is 4.98. The van der Waals surface area contributed by atoms with E-state index >= 15 is 0 Å². The average Bonchev–Trinajstić information content (AvgIpc) is 2.91. The summed E-state index contributed by atoms with van der Waals surface area (Å²) in [4.78, 5) is 16.9. The molecule has 0 spiro atoms. The quantitative estimate of drug-likeness (QED) is 0.858. The third-order valence-electron chi connectivity index (χ3n) is 2.99. The van der Waals surface area contributed by atoms with E-state index in [1.807, 2.05) is 11.6 Å². The fraction of sp³-hybridized carbons (Fsp3) is 0.333. The maximum absolute atomic E-state index is 12.2. The second kappa shape index (κ2) is 7.71. The molecular formula is C15H16F3N3O2S. The normalized spacial score (nSPS) is 12.9. The SMILES string of the molecule is CC(OCC(F)(F)F)C(=O)Nc1ccccc1Sc1nccn1C. The largest absolute Gasteiger partial charge is 0.411 e. The molecule has 0 saturated carbocycles. The molecule has 1 aromatic heterocycles. The molecule has 2 aromatic rings. The summed E-state index contributed by atoms with van der Waals surface area (Å²) in [5.41, 5.74) is 0.484. The first-order chi connectivity index (χ1) is 11.3. The van der Waals surface area contributed by atoms with Gasteiger partial charge in [0.2, 0.25) is 0 Å². The van der Waals surface area contributed by atoms with Crippen LogP contribution in [0.3, 0.4) is 0 Å². The number of imidazole rings is 1. The summed E-state index contributed by atoms with van der Waals surface area (Å²) in [6, 6.07) is 6.97. The summed E-state index contributed by atoms with van der Waals surface area (Å²) < 4.78 is 42.8. The Bertz CT molecular complexity index is 703. The lowest BCUT2D eigenvalue weighted by Crippen LogP contribution is -2.31. The Kier molecular flexibility index (Phi) is 5.89. The highest BCUT2D eigenvalue weighted by Crippen LogP contribution is 2.32. The van der Waals surface area contributed by atoms with Crippen LogP contribution in [0.4, 0.5) is 18.9 Å². The van der Waals surface area contributed by atoms with Gasteiger partial charge in [0, 0.05) is 24.3 Å². The van der Waals surface area contributed by atoms with Gasteiger partial charge in [0.25, 0.3) is 5.91 Å². The maximum Gasteiger partial charge on any atom is 0.411 e. The number of para-hydroxylation sites is 1. The number of nitrogens with one attached hydrogen (secondary N) is 1. The molecule has 0 radical (unpaired) electrons. The maximum atomic E-state index is 12.2. The number of aryl methyl sites for hydroxylation is 1. The third kappa shape index (κ3) is 5.27. The Hall–Kier alpha value is -2.00. The molecule has 1 unspecified atom stereocenters. The molecular weight excluding hydrogens is 343 g/mol. The zero-order valence-electron chi connectivity index (χ0n) is 13.0. The first kappa shape index (κ1) is 18.3. The molecule has 2 rings (SSSR count). The Morgan fingerprint density at radius 2 is 2.12 bits per heavy atom. The van der Waals surface area contributed by atoms with E-state index in [0.29, 0.717) is 5.69 Å². The van der Waals surface area contributed by atoms with Gasteiger partial charge in [-0.05, 0) is 30.8 Å². The van der Waals surface area contributed by atoms with Gasteiger partial charge in [-0.1, -0.05) is 12.1 Å². The molecule has 5 nitrogen and oxygen atoms in total. The number of benzene rings is 1. The number of halogens is 3. The molecule has 24 heavy (non-hydrogen) atoms. The number of aromatic nitrogens is 2. The fourth-order valence-electron chi connectivity index (χ4n) is 1.74. The average molecular weight is 359 g/mol. The topological polar surface area (TPSA) is 56.1 Å². The molecule has 1 aromatic carbocycles. The van der Waals surface area contributed by atoms with E-state index in [1.165, 1.54) is 18.7 Å². The van der Waals surface area contributed by atoms with Crippen LogP contribution in [0, 0.1) is 0 Å². The molecule has 1 amide bonds. The zero-order valence-corrected chi connectivity index (χ0v) is 13.8. The molecule has 1 N–H and O–H groups in total. The van der Waals surface area contributed by atoms with Gasteiger partial charge in [-0.2, -0.15) is 13.2 Å². The predicted octanol–water partition coefficient (Wildman–Crippen LogP) is 3.48. The van der Waals surface area contributed by atoms with Crippen molar-refractivity contribution in [2.45, 2.75) is 29.3 Å². The van der Waals surface area contributed by atoms with E-state index < -0.39 is 24.8 Å². The van der Waals surface area contributed by atoms with Crippen LogP contribution in [0.1, 0.15) is 6.92 Å². The Morgan fingerprint density at radius 3 is 2.75 bits per heavy atom. The summed E-state index contributed by atoms with van der Waals surface area (Å²) in [7, 11) is 1.84. The number of nitrogens with zero attached hydrogens (tertiary/aromatic N) is 2. The van der Waals surface area contributed by atoms with Gasteiger partial charge in [-0.25, -0.2) is 4.98 Å². The third-order valence-corrected chi connectivity index (χ3v) is 4.14. The van der Waals surface area contributed by atoms with Crippen molar-refractivity contribution in [1.82, 2.24) is 9.55 Å². The van der Waals surface area contributed by atoms with Gasteiger partial charge in [-0.3, -0.25) is 4.79 Å². The number of amides is 1. The van der Waals surface area contributed by atoms with Gasteiger partial charge < -0.3 is 14.6 Å². The minimum absolute atomic E-state index is 0.484. The highest BCUT2D eigenvalue weighted by Gasteiger charge is 2.30. The number of carbonyl (C=O) groups is 1. The first-order valence-corrected chi connectivity index (χ1v) is 7.81. The van der Waals surface area contributed by atoms with Crippen molar-refractivity contribution in [2.75, 3.05) is 11.9 Å². The number of ether oxygens (including phenoxy) is 1. The van der Waals surface area contributed by atoms with Crippen molar-refractivity contribution in [3.8, 4) is 0 Å². The first-order valence-electron chi connectivity index (χ1n) is 6.99. The monoisotopic (exact) mass is 359 g/mol. The lowest BCUT2D eigenvalue weighted by molar-refractivity contribution is -0.184. The summed E-state index contributed by atoms with van der Waals surface area (Å²) in [5, 5.41) is 3.31. The minimum atomic E-state index is -4.47. The number of anilines is 1. The zero-order chi connectivity index (χ0) is 17.7. The second-order valence-corrected chi connectivity index (χ2v) is 5.99.